The molecule has 2 aliphatic rings. The maximum absolute atomic E-state index is 3.11. The summed E-state index contributed by atoms with van der Waals surface area (Å²) in [6, 6.07) is 0. The van der Waals surface area contributed by atoms with Gasteiger partial charge in [-0.15, -0.1) is 0 Å². The summed E-state index contributed by atoms with van der Waals surface area (Å²) in [6.45, 7) is 6.50. The molecule has 0 radical (unpaired) electrons. The third-order valence-electron chi connectivity index (χ3n) is 1.71. The highest BCUT2D eigenvalue weighted by Crippen LogP contribution is 2.15. The molecule has 1 aliphatic heterocycles. The minimum absolute atomic E-state index is 1.25. The van der Waals surface area contributed by atoms with Gasteiger partial charge in [0.15, 0.2) is 0 Å². The fourth-order valence-corrected chi connectivity index (χ4v) is 0.427. The van der Waals surface area contributed by atoms with E-state index in [0.29, 0.717) is 0 Å². The molecule has 10 heavy (non-hydrogen) atoms. The number of nitrogens with one attached hydrogen (secondary N) is 1. The van der Waals surface area contributed by atoms with E-state index in [4.69, 9.17) is 0 Å². The van der Waals surface area contributed by atoms with Gasteiger partial charge in [0.25, 0.3) is 0 Å². The Morgan fingerprint density at radius 1 is 0.700 bits per heavy atom. The summed E-state index contributed by atoms with van der Waals surface area (Å²) in [5, 5.41) is 3.11. The van der Waals surface area contributed by atoms with Crippen LogP contribution >= 0.6 is 0 Å². The smallest absolute Gasteiger partial charge is 0.00368 e. The molecule has 2 fully saturated rings. The van der Waals surface area contributed by atoms with E-state index < -0.39 is 0 Å². The maximum atomic E-state index is 3.11. The molecule has 0 spiro atoms. The van der Waals surface area contributed by atoms with E-state index in [2.05, 4.69) is 5.32 Å². The first kappa shape index (κ1) is 9.96. The van der Waals surface area contributed by atoms with Crippen molar-refractivity contribution in [2.75, 3.05) is 13.1 Å². The summed E-state index contributed by atoms with van der Waals surface area (Å²) in [6.07, 6.45) is 7.39. The highest BCUT2D eigenvalue weighted by atomic mass is 14.9. The Hall–Kier alpha value is -0.0400. The molecule has 0 atom stereocenters. The molecule has 1 saturated carbocycles. The van der Waals surface area contributed by atoms with Gasteiger partial charge in [-0.05, 0) is 19.5 Å². The van der Waals surface area contributed by atoms with Crippen LogP contribution < -0.4 is 5.32 Å². The Balaban J connectivity index is 0.000000131. The molecule has 1 N–H and O–H groups in total. The van der Waals surface area contributed by atoms with E-state index in [0.717, 1.165) is 0 Å². The molecule has 2 rings (SSSR count). The van der Waals surface area contributed by atoms with Gasteiger partial charge >= 0.3 is 0 Å². The van der Waals surface area contributed by atoms with Crippen LogP contribution in [0, 0.1) is 0 Å². The average molecular weight is 143 g/mol. The van der Waals surface area contributed by atoms with Gasteiger partial charge in [0.2, 0.25) is 0 Å². The van der Waals surface area contributed by atoms with Gasteiger partial charge in [-0.1, -0.05) is 39.5 Å². The zero-order chi connectivity index (χ0) is 7.66. The first-order chi connectivity index (χ1) is 5.00. The summed E-state index contributed by atoms with van der Waals surface area (Å²) in [7, 11) is 0. The zero-order valence-corrected chi connectivity index (χ0v) is 7.45. The maximum Gasteiger partial charge on any atom is -0.00368 e. The Morgan fingerprint density at radius 2 is 0.900 bits per heavy atom. The van der Waals surface area contributed by atoms with Crippen LogP contribution in [-0.4, -0.2) is 13.1 Å². The molecule has 0 unspecified atom stereocenters. The number of rotatable bonds is 0. The van der Waals surface area contributed by atoms with E-state index in [1.807, 2.05) is 13.8 Å². The largest absolute Gasteiger partial charge is 0.317 e. The van der Waals surface area contributed by atoms with Gasteiger partial charge in [0.05, 0.1) is 0 Å². The Morgan fingerprint density at radius 3 is 0.900 bits per heavy atom. The van der Waals surface area contributed by atoms with Crippen molar-refractivity contribution in [3.05, 3.63) is 0 Å². The van der Waals surface area contributed by atoms with Crippen LogP contribution in [0.4, 0.5) is 0 Å². The van der Waals surface area contributed by atoms with Gasteiger partial charge in [-0.3, -0.25) is 0 Å². The van der Waals surface area contributed by atoms with Crippen LogP contribution in [0.5, 0.6) is 0 Å². The van der Waals surface area contributed by atoms with Crippen LogP contribution in [0.2, 0.25) is 0 Å². The predicted octanol–water partition coefficient (Wildman–Crippen LogP) is 2.57. The highest BCUT2D eigenvalue weighted by Gasteiger charge is 1.95. The summed E-state index contributed by atoms with van der Waals surface area (Å²) in [5.41, 5.74) is 0. The number of hydrogen-bond donors (Lipinski definition) is 1. The van der Waals surface area contributed by atoms with Gasteiger partial charge in [-0.2, -0.15) is 0 Å². The van der Waals surface area contributed by atoms with Crippen molar-refractivity contribution >= 4 is 0 Å². The van der Waals surface area contributed by atoms with Crippen molar-refractivity contribution in [1.82, 2.24) is 5.32 Å². The third kappa shape index (κ3) is 6.09. The Kier molecular flexibility index (Phi) is 8.92. The zero-order valence-electron chi connectivity index (χ0n) is 7.45. The molecule has 1 heterocycles. The minimum Gasteiger partial charge on any atom is -0.317 e. The van der Waals surface area contributed by atoms with Crippen molar-refractivity contribution in [2.24, 2.45) is 0 Å². The SMILES string of the molecule is C1CCC1.C1CNC1.CC. The lowest BCUT2D eigenvalue weighted by atomic mass is 10.0. The molecule has 1 nitrogen and oxygen atoms in total. The summed E-state index contributed by atoms with van der Waals surface area (Å²) in [5.74, 6) is 0. The third-order valence-corrected chi connectivity index (χ3v) is 1.71. The van der Waals surface area contributed by atoms with Gasteiger partial charge in [0, 0.05) is 0 Å². The van der Waals surface area contributed by atoms with Crippen molar-refractivity contribution in [3.8, 4) is 0 Å². The molecular formula is C9H21N. The monoisotopic (exact) mass is 143 g/mol. The quantitative estimate of drug-likeness (QED) is 0.549. The second kappa shape index (κ2) is 8.96. The Labute approximate surface area is 65.2 Å². The second-order valence-electron chi connectivity index (χ2n) is 2.52. The first-order valence-electron chi connectivity index (χ1n) is 4.71. The molecule has 1 saturated heterocycles. The molecule has 1 aliphatic carbocycles. The van der Waals surface area contributed by atoms with Crippen LogP contribution in [0.25, 0.3) is 0 Å². The van der Waals surface area contributed by atoms with Crippen LogP contribution in [0.3, 0.4) is 0 Å². The fraction of sp³-hybridized carbons (Fsp3) is 1.00. The van der Waals surface area contributed by atoms with Gasteiger partial charge in [-0.25, -0.2) is 0 Å². The van der Waals surface area contributed by atoms with E-state index in [9.17, 15) is 0 Å². The lowest BCUT2D eigenvalue weighted by Crippen LogP contribution is -2.29. The van der Waals surface area contributed by atoms with Crippen molar-refractivity contribution in [3.63, 3.8) is 0 Å². The normalized spacial score (nSPS) is 19.8. The standard InChI is InChI=1S/C4H8.C3H7N.C2H6/c2*1-2-4-3-1;1-2/h1-4H2;4H,1-3H2;1-2H3. The topological polar surface area (TPSA) is 12.0 Å². The molecular weight excluding hydrogens is 122 g/mol. The van der Waals surface area contributed by atoms with E-state index in [1.165, 1.54) is 45.2 Å². The molecule has 0 bridgehead atoms. The lowest BCUT2D eigenvalue weighted by molar-refractivity contribution is 0.504. The molecule has 0 aromatic carbocycles. The molecule has 1 heteroatoms. The molecule has 0 amide bonds. The van der Waals surface area contributed by atoms with Crippen molar-refractivity contribution in [1.29, 1.82) is 0 Å². The van der Waals surface area contributed by atoms with E-state index in [-0.39, 0.29) is 0 Å². The van der Waals surface area contributed by atoms with Crippen LogP contribution in [0.15, 0.2) is 0 Å². The van der Waals surface area contributed by atoms with E-state index in [1.54, 1.807) is 0 Å². The Bertz CT molecular complexity index is 28.7. The second-order valence-corrected chi connectivity index (χ2v) is 2.52. The molecule has 0 aromatic rings. The first-order valence-corrected chi connectivity index (χ1v) is 4.71. The van der Waals surface area contributed by atoms with Gasteiger partial charge in [0.1, 0.15) is 0 Å². The molecule has 62 valence electrons. The van der Waals surface area contributed by atoms with Crippen LogP contribution in [-0.2, 0) is 0 Å². The summed E-state index contributed by atoms with van der Waals surface area (Å²) >= 11 is 0. The van der Waals surface area contributed by atoms with Crippen molar-refractivity contribution in [2.45, 2.75) is 46.0 Å². The fourth-order valence-electron chi connectivity index (χ4n) is 0.427. The summed E-state index contributed by atoms with van der Waals surface area (Å²) < 4.78 is 0. The van der Waals surface area contributed by atoms with Crippen LogP contribution in [0.1, 0.15) is 46.0 Å². The minimum atomic E-state index is 1.25. The van der Waals surface area contributed by atoms with E-state index >= 15 is 0 Å². The average Bonchev–Trinajstić information content (AvgIpc) is 1.59. The lowest BCUT2D eigenvalue weighted by Gasteiger charge is -2.09. The molecule has 0 aromatic heterocycles. The highest BCUT2D eigenvalue weighted by molar-refractivity contribution is 4.56. The number of hydrogen-bond acceptors (Lipinski definition) is 1. The van der Waals surface area contributed by atoms with Crippen molar-refractivity contribution < 1.29 is 0 Å². The summed E-state index contributed by atoms with van der Waals surface area (Å²) in [4.78, 5) is 0. The predicted molar refractivity (Wildman–Crippen MR) is 47.3 cm³/mol. The van der Waals surface area contributed by atoms with Gasteiger partial charge < -0.3 is 5.32 Å².